The average Bonchev–Trinajstić information content (AvgIpc) is 3.35. The molecular formula is C63H119NO5. The van der Waals surface area contributed by atoms with Crippen LogP contribution in [0.4, 0.5) is 0 Å². The van der Waals surface area contributed by atoms with Crippen LogP contribution in [0.5, 0.6) is 0 Å². The maximum atomic E-state index is 12.5. The molecule has 0 aromatic heterocycles. The Morgan fingerprint density at radius 2 is 0.725 bits per heavy atom. The molecule has 0 aliphatic rings. The van der Waals surface area contributed by atoms with E-state index in [0.29, 0.717) is 25.9 Å². The summed E-state index contributed by atoms with van der Waals surface area (Å²) in [4.78, 5) is 24.5. The highest BCUT2D eigenvalue weighted by Gasteiger charge is 2.20. The molecule has 0 aromatic carbocycles. The first-order valence-corrected chi connectivity index (χ1v) is 30.7. The molecule has 6 heteroatoms. The lowest BCUT2D eigenvalue weighted by atomic mass is 10.0. The Kier molecular flexibility index (Phi) is 57.0. The normalized spacial score (nSPS) is 12.8. The van der Waals surface area contributed by atoms with Gasteiger partial charge in [0.15, 0.2) is 0 Å². The van der Waals surface area contributed by atoms with Crippen molar-refractivity contribution >= 4 is 11.9 Å². The quantitative estimate of drug-likeness (QED) is 0.0321. The molecule has 0 aliphatic carbocycles. The second-order valence-corrected chi connectivity index (χ2v) is 21.0. The Balaban J connectivity index is 3.42. The summed E-state index contributed by atoms with van der Waals surface area (Å²) in [5.74, 6) is -0.0372. The number of esters is 1. The molecule has 0 aromatic rings. The molecule has 3 N–H and O–H groups in total. The third kappa shape index (κ3) is 55.2. The summed E-state index contributed by atoms with van der Waals surface area (Å²) in [6.07, 6.45) is 73.0. The zero-order valence-electron chi connectivity index (χ0n) is 46.3. The van der Waals surface area contributed by atoms with Gasteiger partial charge in [0.1, 0.15) is 0 Å². The molecule has 6 nitrogen and oxygen atoms in total. The minimum absolute atomic E-state index is 0.000371. The number of allylic oxidation sites excluding steroid dienone is 6. The maximum Gasteiger partial charge on any atom is 0.305 e. The van der Waals surface area contributed by atoms with Crippen LogP contribution in [0.2, 0.25) is 0 Å². The minimum Gasteiger partial charge on any atom is -0.466 e. The van der Waals surface area contributed by atoms with Crippen molar-refractivity contribution in [3.63, 3.8) is 0 Å². The van der Waals surface area contributed by atoms with E-state index in [9.17, 15) is 19.8 Å². The molecule has 2 atom stereocenters. The molecule has 0 spiro atoms. The lowest BCUT2D eigenvalue weighted by molar-refractivity contribution is -0.143. The van der Waals surface area contributed by atoms with Crippen LogP contribution in [0.3, 0.4) is 0 Å². The SMILES string of the molecule is CCCCC/C=C\CCCCCCCC(=O)OCCCCCCCCCCC/C=C\C/C=C\CCCCCCCCCCCCCC(=O)NC(CO)C(O)CCCCCCCCCCCCCCC. The molecule has 69 heavy (non-hydrogen) atoms. The Morgan fingerprint density at radius 3 is 1.14 bits per heavy atom. The van der Waals surface area contributed by atoms with Gasteiger partial charge in [-0.1, -0.05) is 269 Å². The van der Waals surface area contributed by atoms with Gasteiger partial charge in [0, 0.05) is 12.8 Å². The van der Waals surface area contributed by atoms with Crippen molar-refractivity contribution in [2.45, 2.75) is 341 Å². The van der Waals surface area contributed by atoms with E-state index < -0.39 is 12.1 Å². The first-order chi connectivity index (χ1) is 34.0. The standard InChI is InChI=1S/C63H119NO5/c1-3-5-7-9-11-13-15-32-35-39-43-47-51-55-61(66)60(59-65)64-62(67)56-52-48-44-40-36-33-30-28-26-24-22-20-18-17-19-21-23-25-27-29-31-34-38-42-46-50-54-58-69-63(68)57-53-49-45-41-37-16-14-12-10-8-6-4-2/h12,14,17-18,21,23,60-61,65-66H,3-11,13,15-16,19-20,22,24-59H2,1-2H3,(H,64,67)/b14-12-,18-17-,23-21-. The summed E-state index contributed by atoms with van der Waals surface area (Å²) < 4.78 is 5.46. The molecule has 0 rings (SSSR count). The topological polar surface area (TPSA) is 95.9 Å². The molecule has 0 saturated carbocycles. The van der Waals surface area contributed by atoms with Crippen molar-refractivity contribution < 1.29 is 24.5 Å². The average molecular weight is 971 g/mol. The number of rotatable bonds is 57. The van der Waals surface area contributed by atoms with Gasteiger partial charge in [-0.05, 0) is 83.5 Å². The van der Waals surface area contributed by atoms with Crippen molar-refractivity contribution in [3.8, 4) is 0 Å². The van der Waals surface area contributed by atoms with Gasteiger partial charge in [-0.3, -0.25) is 9.59 Å². The third-order valence-electron chi connectivity index (χ3n) is 14.2. The van der Waals surface area contributed by atoms with Crippen LogP contribution >= 0.6 is 0 Å². The number of aliphatic hydroxyl groups excluding tert-OH is 2. The number of nitrogens with one attached hydrogen (secondary N) is 1. The van der Waals surface area contributed by atoms with E-state index in [0.717, 1.165) is 51.4 Å². The first-order valence-electron chi connectivity index (χ1n) is 30.7. The smallest absolute Gasteiger partial charge is 0.305 e. The van der Waals surface area contributed by atoms with Gasteiger partial charge in [-0.25, -0.2) is 0 Å². The molecule has 0 aliphatic heterocycles. The number of unbranched alkanes of at least 4 members (excludes halogenated alkanes) is 40. The number of carbonyl (C=O) groups is 2. The highest BCUT2D eigenvalue weighted by Crippen LogP contribution is 2.17. The number of amides is 1. The van der Waals surface area contributed by atoms with Gasteiger partial charge in [0.25, 0.3) is 0 Å². The van der Waals surface area contributed by atoms with E-state index in [2.05, 4.69) is 55.6 Å². The van der Waals surface area contributed by atoms with Gasteiger partial charge >= 0.3 is 5.97 Å². The molecule has 406 valence electrons. The Labute approximate surface area is 430 Å². The maximum absolute atomic E-state index is 12.5. The van der Waals surface area contributed by atoms with Crippen molar-refractivity contribution in [1.82, 2.24) is 5.32 Å². The zero-order chi connectivity index (χ0) is 50.0. The van der Waals surface area contributed by atoms with Crippen LogP contribution in [0.25, 0.3) is 0 Å². The molecule has 0 fully saturated rings. The fourth-order valence-electron chi connectivity index (χ4n) is 9.43. The van der Waals surface area contributed by atoms with E-state index in [4.69, 9.17) is 4.74 Å². The van der Waals surface area contributed by atoms with Crippen LogP contribution in [0, 0.1) is 0 Å². The Hall–Kier alpha value is -1.92. The summed E-state index contributed by atoms with van der Waals surface area (Å²) >= 11 is 0. The molecule has 0 saturated heterocycles. The highest BCUT2D eigenvalue weighted by atomic mass is 16.5. The number of carbonyl (C=O) groups excluding carboxylic acids is 2. The van der Waals surface area contributed by atoms with Crippen molar-refractivity contribution in [2.75, 3.05) is 13.2 Å². The summed E-state index contributed by atoms with van der Waals surface area (Å²) in [5, 5.41) is 23.2. The summed E-state index contributed by atoms with van der Waals surface area (Å²) in [6, 6.07) is -0.543. The predicted molar refractivity (Wildman–Crippen MR) is 301 cm³/mol. The van der Waals surface area contributed by atoms with Crippen LogP contribution in [-0.2, 0) is 14.3 Å². The predicted octanol–water partition coefficient (Wildman–Crippen LogP) is 19.2. The second-order valence-electron chi connectivity index (χ2n) is 21.0. The summed E-state index contributed by atoms with van der Waals surface area (Å²) in [6.45, 7) is 4.93. The van der Waals surface area contributed by atoms with E-state index in [1.807, 2.05) is 0 Å². The third-order valence-corrected chi connectivity index (χ3v) is 14.2. The van der Waals surface area contributed by atoms with Crippen LogP contribution in [0.1, 0.15) is 328 Å². The van der Waals surface area contributed by atoms with E-state index in [-0.39, 0.29) is 18.5 Å². The van der Waals surface area contributed by atoms with Crippen molar-refractivity contribution in [1.29, 1.82) is 0 Å². The van der Waals surface area contributed by atoms with E-state index >= 15 is 0 Å². The molecule has 0 radical (unpaired) electrons. The van der Waals surface area contributed by atoms with E-state index in [1.54, 1.807) is 0 Å². The lowest BCUT2D eigenvalue weighted by Crippen LogP contribution is -2.45. The van der Waals surface area contributed by atoms with E-state index in [1.165, 1.54) is 244 Å². The number of aliphatic hydroxyl groups is 2. The molecule has 1 amide bonds. The monoisotopic (exact) mass is 970 g/mol. The highest BCUT2D eigenvalue weighted by molar-refractivity contribution is 5.76. The number of ether oxygens (including phenoxy) is 1. The molecule has 0 bridgehead atoms. The second kappa shape index (κ2) is 58.6. The number of hydrogen-bond donors (Lipinski definition) is 3. The van der Waals surface area contributed by atoms with Gasteiger partial charge < -0.3 is 20.3 Å². The zero-order valence-corrected chi connectivity index (χ0v) is 46.3. The van der Waals surface area contributed by atoms with Crippen LogP contribution < -0.4 is 5.32 Å². The van der Waals surface area contributed by atoms with Gasteiger partial charge in [0.05, 0.1) is 25.4 Å². The Bertz CT molecular complexity index is 1120. The van der Waals surface area contributed by atoms with Crippen molar-refractivity contribution in [3.05, 3.63) is 36.5 Å². The molecule has 2 unspecified atom stereocenters. The summed E-state index contributed by atoms with van der Waals surface area (Å²) in [5.41, 5.74) is 0. The van der Waals surface area contributed by atoms with Crippen LogP contribution in [-0.4, -0.2) is 47.4 Å². The lowest BCUT2D eigenvalue weighted by Gasteiger charge is -2.22. The summed E-state index contributed by atoms with van der Waals surface area (Å²) in [7, 11) is 0. The van der Waals surface area contributed by atoms with Crippen LogP contribution in [0.15, 0.2) is 36.5 Å². The van der Waals surface area contributed by atoms with Gasteiger partial charge in [-0.15, -0.1) is 0 Å². The number of hydrogen-bond acceptors (Lipinski definition) is 5. The fraction of sp³-hybridized carbons (Fsp3) is 0.873. The van der Waals surface area contributed by atoms with Gasteiger partial charge in [0.2, 0.25) is 5.91 Å². The first kappa shape index (κ1) is 67.1. The van der Waals surface area contributed by atoms with Crippen molar-refractivity contribution in [2.24, 2.45) is 0 Å². The fourth-order valence-corrected chi connectivity index (χ4v) is 9.43. The molecule has 0 heterocycles. The largest absolute Gasteiger partial charge is 0.466 e. The minimum atomic E-state index is -0.666. The molecular weight excluding hydrogens is 851 g/mol. The van der Waals surface area contributed by atoms with Gasteiger partial charge in [-0.2, -0.15) is 0 Å². The Morgan fingerprint density at radius 1 is 0.406 bits per heavy atom.